The second-order valence-corrected chi connectivity index (χ2v) is 21.1. The first-order valence-corrected chi connectivity index (χ1v) is 15.5. The summed E-state index contributed by atoms with van der Waals surface area (Å²) < 4.78 is -30.3. The molecule has 0 nitrogen and oxygen atoms in total. The van der Waals surface area contributed by atoms with E-state index in [9.17, 15) is 0 Å². The van der Waals surface area contributed by atoms with E-state index in [4.69, 9.17) is 267 Å². The summed E-state index contributed by atoms with van der Waals surface area (Å²) in [6.45, 7) is 0. The van der Waals surface area contributed by atoms with Gasteiger partial charge in [-0.05, 0) is 0 Å². The van der Waals surface area contributed by atoms with Crippen molar-refractivity contribution in [3.05, 3.63) is 4.84 Å². The smallest absolute Gasteiger partial charge is 0.0946 e. The summed E-state index contributed by atoms with van der Waals surface area (Å²) >= 11 is 140. The normalized spacial score (nSPS) is 16.9. The lowest BCUT2D eigenvalue weighted by Crippen LogP contribution is -2.72. The van der Waals surface area contributed by atoms with Gasteiger partial charge in [-0.25, -0.2) is 0 Å². The van der Waals surface area contributed by atoms with Crippen LogP contribution in [0.2, 0.25) is 0 Å². The van der Waals surface area contributed by atoms with E-state index in [0.717, 1.165) is 0 Å². The van der Waals surface area contributed by atoms with Crippen LogP contribution in [0.15, 0.2) is 0 Å². The Kier molecular flexibility index (Phi) is 14.6. The first-order chi connectivity index (χ1) is 14.2. The molecule has 0 unspecified atom stereocenters. The molecule has 0 aromatic heterocycles. The highest BCUT2D eigenvalue weighted by Crippen LogP contribution is 2.75. The van der Waals surface area contributed by atoms with Crippen LogP contribution in [0.4, 0.5) is 0 Å². The number of hydrogen-bond donors (Lipinski definition) is 0. The minimum absolute atomic E-state index is 0.880. The fraction of sp³-hybridized carbons (Fsp3) is 0.909. The summed E-state index contributed by atoms with van der Waals surface area (Å²) in [5.41, 5.74) is 0. The van der Waals surface area contributed by atoms with Gasteiger partial charge < -0.3 is 0 Å². The zero-order chi connectivity index (χ0) is 28.6. The van der Waals surface area contributed by atoms with Crippen LogP contribution in [0.3, 0.4) is 0 Å². The van der Waals surface area contributed by atoms with Gasteiger partial charge in [0.1, 0.15) is 0 Å². The topological polar surface area (TPSA) is 0 Å². The molecule has 1 radical (unpaired) electrons. The van der Waals surface area contributed by atoms with Gasteiger partial charge in [-0.2, -0.15) is 0 Å². The molecule has 0 N–H and O–H groups in total. The Hall–Kier alpha value is 6.67. The van der Waals surface area contributed by atoms with E-state index in [1.54, 1.807) is 0 Å². The summed E-state index contributed by atoms with van der Waals surface area (Å²) in [6, 6.07) is 0. The molecule has 0 bridgehead atoms. The summed E-state index contributed by atoms with van der Waals surface area (Å²) in [7, 11) is 0. The van der Waals surface area contributed by atoms with Gasteiger partial charge in [0.15, 0.2) is 39.5 Å². The Balaban J connectivity index is 7.08. The van der Waals surface area contributed by atoms with Gasteiger partial charge in [0.05, 0.1) is 0 Å². The first kappa shape index (κ1) is 40.7. The molecular formula is C11Cl23. The van der Waals surface area contributed by atoms with E-state index < -0.39 is 47.6 Å². The second kappa shape index (κ2) is 12.2. The molecule has 0 aliphatic rings. The van der Waals surface area contributed by atoms with Crippen molar-refractivity contribution in [3.63, 3.8) is 0 Å². The maximum absolute atomic E-state index is 6.32. The van der Waals surface area contributed by atoms with E-state index in [1.165, 1.54) is 0 Å². The molecule has 0 amide bonds. The molecule has 0 atom stereocenters. The molecule has 0 aliphatic carbocycles. The van der Waals surface area contributed by atoms with E-state index in [2.05, 4.69) is 0 Å². The molecule has 0 spiro atoms. The quantitative estimate of drug-likeness (QED) is 0.202. The third-order valence-electron chi connectivity index (χ3n) is 3.75. The fourth-order valence-electron chi connectivity index (χ4n) is 1.68. The Morgan fingerprint density at radius 3 is 0.618 bits per heavy atom. The Morgan fingerprint density at radius 1 is 0.265 bits per heavy atom. The standard InChI is InChI=1S/C11Cl23/c12-1(13)2(14,15)3(16,17)4(18,19)5(20,21)6(22,23)7(24,25)8(26,27)9(28,29)10(30,31)11(32,33)34. The van der Waals surface area contributed by atoms with E-state index in [-0.39, 0.29) is 0 Å². The van der Waals surface area contributed by atoms with E-state index >= 15 is 0 Å². The molecule has 205 valence electrons. The minimum Gasteiger partial charge on any atom is -0.0946 e. The maximum atomic E-state index is 6.32. The Labute approximate surface area is 309 Å². The highest BCUT2D eigenvalue weighted by Gasteiger charge is 2.84. The lowest BCUT2D eigenvalue weighted by atomic mass is 10.0. The molecule has 0 saturated heterocycles. The minimum atomic E-state index is -3.25. The van der Waals surface area contributed by atoms with Crippen LogP contribution in [0, 0.1) is 4.84 Å². The largest absolute Gasteiger partial charge is 0.226 e. The summed E-state index contributed by atoms with van der Waals surface area (Å²) in [5.74, 6) is 0. The predicted octanol–water partition coefficient (Wildman–Crippen LogP) is 13.9. The van der Waals surface area contributed by atoms with Crippen molar-refractivity contribution in [3.8, 4) is 0 Å². The van der Waals surface area contributed by atoms with Gasteiger partial charge in [0.25, 0.3) is 0 Å². The van der Waals surface area contributed by atoms with Crippen LogP contribution in [0.5, 0.6) is 0 Å². The van der Waals surface area contributed by atoms with Crippen LogP contribution in [-0.2, 0) is 0 Å². The van der Waals surface area contributed by atoms with Crippen molar-refractivity contribution in [2.75, 3.05) is 0 Å². The number of hydrogen-bond acceptors (Lipinski definition) is 0. The lowest BCUT2D eigenvalue weighted by molar-refractivity contribution is 0.433. The van der Waals surface area contributed by atoms with Crippen molar-refractivity contribution in [1.29, 1.82) is 0 Å². The van der Waals surface area contributed by atoms with Crippen molar-refractivity contribution in [2.45, 2.75) is 42.8 Å². The summed E-state index contributed by atoms with van der Waals surface area (Å²) in [4.78, 5) is -0.880. The third kappa shape index (κ3) is 6.25. The third-order valence-corrected chi connectivity index (χ3v) is 19.2. The molecule has 0 heterocycles. The zero-order valence-electron chi connectivity index (χ0n) is 14.2. The van der Waals surface area contributed by atoms with E-state index in [1.807, 2.05) is 0 Å². The second-order valence-electron chi connectivity index (χ2n) is 5.93. The van der Waals surface area contributed by atoms with E-state index in [0.29, 0.717) is 0 Å². The molecule has 34 heavy (non-hydrogen) atoms. The highest BCUT2D eigenvalue weighted by molar-refractivity contribution is 6.84. The van der Waals surface area contributed by atoms with Crippen LogP contribution in [0.1, 0.15) is 0 Å². The van der Waals surface area contributed by atoms with Crippen molar-refractivity contribution in [1.82, 2.24) is 0 Å². The SMILES string of the molecule is Cl[C](Cl)C(Cl)(Cl)C(Cl)(Cl)C(Cl)(Cl)C(Cl)(Cl)C(Cl)(Cl)C(Cl)(Cl)C(Cl)(Cl)C(Cl)(Cl)C(Cl)(Cl)C(Cl)(Cl)Cl. The summed E-state index contributed by atoms with van der Waals surface area (Å²) in [6.07, 6.45) is 0. The summed E-state index contributed by atoms with van der Waals surface area (Å²) in [5, 5.41) is 0. The molecular weight excluding hydrogens is 948 g/mol. The van der Waals surface area contributed by atoms with Crippen LogP contribution in [-0.4, -0.2) is 42.8 Å². The molecule has 0 aromatic carbocycles. The molecule has 0 fully saturated rings. The van der Waals surface area contributed by atoms with Gasteiger partial charge in [-0.1, -0.05) is 267 Å². The van der Waals surface area contributed by atoms with Gasteiger partial charge >= 0.3 is 0 Å². The number of rotatable bonds is 9. The molecule has 0 aromatic rings. The van der Waals surface area contributed by atoms with Crippen molar-refractivity contribution in [2.24, 2.45) is 0 Å². The van der Waals surface area contributed by atoms with Crippen molar-refractivity contribution >= 4 is 267 Å². The monoisotopic (exact) mass is 936 g/mol. The van der Waals surface area contributed by atoms with Crippen LogP contribution in [0.25, 0.3) is 0 Å². The Bertz CT molecular complexity index is 737. The molecule has 23 heteroatoms. The number of halogens is 23. The number of alkyl halides is 21. The zero-order valence-corrected chi connectivity index (χ0v) is 31.6. The Morgan fingerprint density at radius 2 is 0.441 bits per heavy atom. The van der Waals surface area contributed by atoms with Gasteiger partial charge in [0, 0.05) is 0 Å². The lowest BCUT2D eigenvalue weighted by Gasteiger charge is -2.56. The van der Waals surface area contributed by atoms with Crippen LogP contribution < -0.4 is 0 Å². The molecule has 0 saturated carbocycles. The highest BCUT2D eigenvalue weighted by atomic mass is 35.6. The van der Waals surface area contributed by atoms with Gasteiger partial charge in [-0.15, -0.1) is 0 Å². The van der Waals surface area contributed by atoms with Gasteiger partial charge in [-0.3, -0.25) is 0 Å². The molecule has 0 aliphatic heterocycles. The van der Waals surface area contributed by atoms with Crippen LogP contribution >= 0.6 is 267 Å². The maximum Gasteiger partial charge on any atom is 0.226 e. The fourth-order valence-corrected chi connectivity index (χ4v) is 8.66. The average Bonchev–Trinajstić information content (AvgIpc) is 2.58. The molecule has 0 rings (SSSR count). The first-order valence-electron chi connectivity index (χ1n) is 6.85. The van der Waals surface area contributed by atoms with Gasteiger partial charge in [0.2, 0.25) is 8.13 Å². The predicted molar refractivity (Wildman–Crippen MR) is 165 cm³/mol. The van der Waals surface area contributed by atoms with Crippen molar-refractivity contribution < 1.29 is 0 Å². The average molecular weight is 948 g/mol.